The number of nitrogens with zero attached hydrogens (tertiary/aromatic N) is 3. The van der Waals surface area contributed by atoms with E-state index in [-0.39, 0.29) is 17.5 Å². The monoisotopic (exact) mass is 485 g/mol. The van der Waals surface area contributed by atoms with Crippen LogP contribution in [0, 0.1) is 11.3 Å². The first-order valence-corrected chi connectivity index (χ1v) is 15.0. The number of amides is 2. The summed E-state index contributed by atoms with van der Waals surface area (Å²) in [5.41, 5.74) is 1.30. The van der Waals surface area contributed by atoms with Crippen molar-refractivity contribution in [1.29, 1.82) is 5.26 Å². The Morgan fingerprint density at radius 3 is 2.35 bits per heavy atom. The number of benzene rings is 1. The van der Waals surface area contributed by atoms with E-state index in [2.05, 4.69) is 39.9 Å². The average molecular weight is 486 g/mol. The number of hydrogen-bond donors (Lipinski definition) is 0. The molecule has 2 aliphatic heterocycles. The maximum Gasteiger partial charge on any atom is 0.411 e. The molecule has 2 aliphatic rings. The predicted octanol–water partition coefficient (Wildman–Crippen LogP) is 5.25. The van der Waals surface area contributed by atoms with Gasteiger partial charge in [-0.3, -0.25) is 9.69 Å². The largest absolute Gasteiger partial charge is 0.543 e. The van der Waals surface area contributed by atoms with Crippen molar-refractivity contribution in [1.82, 2.24) is 9.80 Å². The molecule has 0 aromatic heterocycles. The van der Waals surface area contributed by atoms with Gasteiger partial charge < -0.3 is 14.1 Å². The molecule has 1 fully saturated rings. The molecule has 1 saturated heterocycles. The van der Waals surface area contributed by atoms with Crippen molar-refractivity contribution in [2.75, 3.05) is 6.54 Å². The van der Waals surface area contributed by atoms with Gasteiger partial charge in [-0.2, -0.15) is 5.26 Å². The molecule has 186 valence electrons. The first kappa shape index (κ1) is 26.1. The summed E-state index contributed by atoms with van der Waals surface area (Å²) < 4.78 is 12.2. The van der Waals surface area contributed by atoms with Crippen LogP contribution >= 0.6 is 0 Å². The Morgan fingerprint density at radius 1 is 1.09 bits per heavy atom. The molecule has 2 atom stereocenters. The molecule has 0 aliphatic carbocycles. The van der Waals surface area contributed by atoms with E-state index in [0.717, 1.165) is 23.3 Å². The van der Waals surface area contributed by atoms with Gasteiger partial charge in [0.15, 0.2) is 0 Å². The van der Waals surface area contributed by atoms with Crippen molar-refractivity contribution in [3.63, 3.8) is 0 Å². The first-order valence-electron chi connectivity index (χ1n) is 12.1. The molecule has 0 bridgehead atoms. The standard InChI is InChI=1S/C26H39N3O4Si/c1-25(2,3)32-24(31)29-17-19-14-21(33-34(7,8)26(4,5)6)12-11-18(19)15-22(29)23(30)28-13-9-10-20(28)16-27/h11-12,14,20,22H,9-10,13,15,17H2,1-8H3. The van der Waals surface area contributed by atoms with Gasteiger partial charge in [-0.25, -0.2) is 4.79 Å². The Kier molecular flexibility index (Phi) is 7.10. The molecule has 0 N–H and O–H groups in total. The van der Waals surface area contributed by atoms with Gasteiger partial charge in [0.05, 0.1) is 12.6 Å². The van der Waals surface area contributed by atoms with E-state index in [1.807, 2.05) is 39.0 Å². The Labute approximate surface area is 205 Å². The summed E-state index contributed by atoms with van der Waals surface area (Å²) in [7, 11) is -2.02. The van der Waals surface area contributed by atoms with Crippen molar-refractivity contribution >= 4 is 20.3 Å². The number of nitriles is 1. The minimum atomic E-state index is -2.02. The number of hydrogen-bond acceptors (Lipinski definition) is 5. The van der Waals surface area contributed by atoms with E-state index in [4.69, 9.17) is 9.16 Å². The zero-order chi connectivity index (χ0) is 25.5. The van der Waals surface area contributed by atoms with Gasteiger partial charge in [-0.1, -0.05) is 26.8 Å². The highest BCUT2D eigenvalue weighted by atomic mass is 28.4. The lowest BCUT2D eigenvalue weighted by molar-refractivity contribution is -0.137. The Hall–Kier alpha value is -2.53. The fourth-order valence-corrected chi connectivity index (χ4v) is 5.18. The summed E-state index contributed by atoms with van der Waals surface area (Å²) in [6, 6.07) is 7.09. The lowest BCUT2D eigenvalue weighted by atomic mass is 9.93. The molecule has 8 heteroatoms. The molecule has 3 rings (SSSR count). The molecule has 2 amide bonds. The molecule has 0 radical (unpaired) electrons. The zero-order valence-electron chi connectivity index (χ0n) is 21.9. The third-order valence-corrected chi connectivity index (χ3v) is 11.4. The van der Waals surface area contributed by atoms with Gasteiger partial charge in [0.1, 0.15) is 23.4 Å². The molecule has 34 heavy (non-hydrogen) atoms. The Morgan fingerprint density at radius 2 is 1.76 bits per heavy atom. The molecular formula is C26H39N3O4Si. The molecular weight excluding hydrogens is 446 g/mol. The van der Waals surface area contributed by atoms with E-state index < -0.39 is 32.1 Å². The summed E-state index contributed by atoms with van der Waals surface area (Å²) in [4.78, 5) is 29.9. The number of ether oxygens (including phenoxy) is 1. The van der Waals surface area contributed by atoms with Gasteiger partial charge in [0.25, 0.3) is 0 Å². The van der Waals surface area contributed by atoms with Crippen LogP contribution in [0.15, 0.2) is 18.2 Å². The SMILES string of the molecule is CC(C)(C)OC(=O)N1Cc2cc(O[Si](C)(C)C(C)(C)C)ccc2CC1C(=O)N1CCCC1C#N. The maximum atomic E-state index is 13.5. The van der Waals surface area contributed by atoms with Gasteiger partial charge >= 0.3 is 6.09 Å². The number of likely N-dealkylation sites (tertiary alicyclic amines) is 1. The van der Waals surface area contributed by atoms with Gasteiger partial charge in [0.2, 0.25) is 14.2 Å². The highest BCUT2D eigenvalue weighted by molar-refractivity contribution is 6.74. The van der Waals surface area contributed by atoms with E-state index in [9.17, 15) is 14.9 Å². The molecule has 1 aromatic rings. The quantitative estimate of drug-likeness (QED) is 0.546. The zero-order valence-corrected chi connectivity index (χ0v) is 22.9. The van der Waals surface area contributed by atoms with Crippen molar-refractivity contribution in [2.24, 2.45) is 0 Å². The Balaban J connectivity index is 1.93. The summed E-state index contributed by atoms with van der Waals surface area (Å²) in [6.07, 6.45) is 1.35. The third kappa shape index (κ3) is 5.57. The average Bonchev–Trinajstić information content (AvgIpc) is 3.18. The second-order valence-electron chi connectivity index (χ2n) is 11.9. The van der Waals surface area contributed by atoms with Crippen molar-refractivity contribution in [3.8, 4) is 11.8 Å². The number of carbonyl (C=O) groups excluding carboxylic acids is 2. The fourth-order valence-electron chi connectivity index (χ4n) is 4.16. The van der Waals surface area contributed by atoms with Crippen LogP contribution in [0.3, 0.4) is 0 Å². The highest BCUT2D eigenvalue weighted by Crippen LogP contribution is 2.38. The smallest absolute Gasteiger partial charge is 0.411 e. The Bertz CT molecular complexity index is 987. The highest BCUT2D eigenvalue weighted by Gasteiger charge is 2.42. The first-order chi connectivity index (χ1) is 15.6. The van der Waals surface area contributed by atoms with Gasteiger partial charge in [-0.05, 0) is 75.0 Å². The minimum absolute atomic E-state index is 0.0655. The van der Waals surface area contributed by atoms with E-state index >= 15 is 0 Å². The maximum absolute atomic E-state index is 13.5. The van der Waals surface area contributed by atoms with Crippen molar-refractivity contribution in [2.45, 2.75) is 103 Å². The summed E-state index contributed by atoms with van der Waals surface area (Å²) in [5, 5.41) is 9.56. The lowest BCUT2D eigenvalue weighted by Crippen LogP contribution is -2.55. The van der Waals surface area contributed by atoms with Crippen LogP contribution in [0.25, 0.3) is 0 Å². The van der Waals surface area contributed by atoms with E-state index in [1.165, 1.54) is 4.90 Å². The number of fused-ring (bicyclic) bond motifs is 1. The normalized spacial score (nSPS) is 21.0. The van der Waals surface area contributed by atoms with Crippen LogP contribution in [0.2, 0.25) is 18.1 Å². The summed E-state index contributed by atoms with van der Waals surface area (Å²) in [5.74, 6) is 0.616. The van der Waals surface area contributed by atoms with Crippen LogP contribution in [0.4, 0.5) is 4.79 Å². The van der Waals surface area contributed by atoms with Crippen LogP contribution in [-0.4, -0.2) is 54.3 Å². The van der Waals surface area contributed by atoms with Crippen LogP contribution < -0.4 is 4.43 Å². The van der Waals surface area contributed by atoms with Gasteiger partial charge in [-0.15, -0.1) is 0 Å². The van der Waals surface area contributed by atoms with Crippen LogP contribution in [-0.2, 0) is 22.5 Å². The number of rotatable bonds is 3. The van der Waals surface area contributed by atoms with Crippen LogP contribution in [0.1, 0.15) is 65.5 Å². The van der Waals surface area contributed by atoms with Crippen LogP contribution in [0.5, 0.6) is 5.75 Å². The predicted molar refractivity (Wildman–Crippen MR) is 134 cm³/mol. The third-order valence-electron chi connectivity index (χ3n) is 7.09. The lowest BCUT2D eigenvalue weighted by Gasteiger charge is -2.39. The second kappa shape index (κ2) is 9.25. The van der Waals surface area contributed by atoms with Crippen molar-refractivity contribution < 1.29 is 18.8 Å². The molecule has 0 spiro atoms. The van der Waals surface area contributed by atoms with E-state index in [1.54, 1.807) is 4.90 Å². The van der Waals surface area contributed by atoms with Gasteiger partial charge in [0, 0.05) is 13.0 Å². The fraction of sp³-hybridized carbons (Fsp3) is 0.654. The number of carbonyl (C=O) groups is 2. The minimum Gasteiger partial charge on any atom is -0.543 e. The topological polar surface area (TPSA) is 82.9 Å². The molecule has 2 heterocycles. The molecule has 2 unspecified atom stereocenters. The molecule has 1 aromatic carbocycles. The summed E-state index contributed by atoms with van der Waals surface area (Å²) >= 11 is 0. The molecule has 0 saturated carbocycles. The summed E-state index contributed by atoms with van der Waals surface area (Å²) in [6.45, 7) is 17.3. The second-order valence-corrected chi connectivity index (χ2v) is 16.7. The molecule has 7 nitrogen and oxygen atoms in total. The van der Waals surface area contributed by atoms with Crippen molar-refractivity contribution in [3.05, 3.63) is 29.3 Å². The van der Waals surface area contributed by atoms with E-state index in [0.29, 0.717) is 19.4 Å².